The Morgan fingerprint density at radius 1 is 1.44 bits per heavy atom. The normalized spacial score (nSPS) is 30.7. The lowest BCUT2D eigenvalue weighted by Gasteiger charge is -2.42. The molecule has 7 heteroatoms. The second-order valence-electron chi connectivity index (χ2n) is 10.1. The summed E-state index contributed by atoms with van der Waals surface area (Å²) in [4.78, 5) is 22.8. The summed E-state index contributed by atoms with van der Waals surface area (Å²) in [7, 11) is 3.95. The first-order valence-corrected chi connectivity index (χ1v) is 12.0. The minimum absolute atomic E-state index is 0.0781. The van der Waals surface area contributed by atoms with Crippen LogP contribution in [0.4, 0.5) is 4.39 Å². The van der Waals surface area contributed by atoms with Crippen LogP contribution in [0.15, 0.2) is 12.3 Å². The van der Waals surface area contributed by atoms with E-state index in [0.29, 0.717) is 37.3 Å². The van der Waals surface area contributed by atoms with E-state index in [0.717, 1.165) is 50.0 Å². The van der Waals surface area contributed by atoms with Gasteiger partial charge in [-0.05, 0) is 50.3 Å². The summed E-state index contributed by atoms with van der Waals surface area (Å²) >= 11 is 0. The molecule has 2 fully saturated rings. The number of carbonyl (C=O) groups excluding carboxylic acids is 1. The zero-order valence-corrected chi connectivity index (χ0v) is 20.0. The van der Waals surface area contributed by atoms with Crippen molar-refractivity contribution in [3.8, 4) is 0 Å². The van der Waals surface area contributed by atoms with E-state index < -0.39 is 6.67 Å². The maximum atomic E-state index is 14.0. The van der Waals surface area contributed by atoms with Gasteiger partial charge in [0.2, 0.25) is 5.91 Å². The molecule has 1 amide bonds. The Morgan fingerprint density at radius 2 is 2.25 bits per heavy atom. The Bertz CT molecular complexity index is 820. The van der Waals surface area contributed by atoms with Gasteiger partial charge in [-0.25, -0.2) is 4.39 Å². The lowest BCUT2D eigenvalue weighted by atomic mass is 9.73. The molecule has 1 aromatic heterocycles. The van der Waals surface area contributed by atoms with Gasteiger partial charge in [-0.3, -0.25) is 14.7 Å². The number of alkyl halides is 1. The van der Waals surface area contributed by atoms with Crippen LogP contribution in [0.2, 0.25) is 0 Å². The molecule has 32 heavy (non-hydrogen) atoms. The molecule has 0 bridgehead atoms. The van der Waals surface area contributed by atoms with Crippen LogP contribution in [0.3, 0.4) is 0 Å². The summed E-state index contributed by atoms with van der Waals surface area (Å²) < 4.78 is 24.5. The van der Waals surface area contributed by atoms with Crippen LogP contribution in [0.1, 0.15) is 56.4 Å². The SMILES string of the molecule is COC1COCCC1N(C)[C@@H]1CC[C@@](C(=O)N2CCc3ncc(CF)cc3C2)(C(C)C)C1. The minimum Gasteiger partial charge on any atom is -0.379 e. The third kappa shape index (κ3) is 4.31. The summed E-state index contributed by atoms with van der Waals surface area (Å²) in [5, 5.41) is 0. The largest absolute Gasteiger partial charge is 0.379 e. The fraction of sp³-hybridized carbons (Fsp3) is 0.760. The molecule has 4 atom stereocenters. The molecule has 3 aliphatic rings. The van der Waals surface area contributed by atoms with Gasteiger partial charge in [-0.1, -0.05) is 13.8 Å². The molecule has 6 nitrogen and oxygen atoms in total. The molecule has 1 saturated carbocycles. The van der Waals surface area contributed by atoms with Crippen LogP contribution in [0, 0.1) is 11.3 Å². The highest BCUT2D eigenvalue weighted by Crippen LogP contribution is 2.48. The Kier molecular flexibility index (Phi) is 7.18. The Hall–Kier alpha value is -1.57. The second kappa shape index (κ2) is 9.74. The molecule has 4 rings (SSSR count). The predicted molar refractivity (Wildman–Crippen MR) is 121 cm³/mol. The van der Waals surface area contributed by atoms with Crippen LogP contribution in [0.25, 0.3) is 0 Å². The Labute approximate surface area is 191 Å². The molecule has 1 aromatic rings. The quantitative estimate of drug-likeness (QED) is 0.669. The van der Waals surface area contributed by atoms with Gasteiger partial charge >= 0.3 is 0 Å². The first kappa shape index (κ1) is 23.6. The first-order chi connectivity index (χ1) is 15.4. The number of methoxy groups -OCH3 is 1. The lowest BCUT2D eigenvalue weighted by molar-refractivity contribution is -0.146. The van der Waals surface area contributed by atoms with Crippen LogP contribution in [0.5, 0.6) is 0 Å². The number of ether oxygens (including phenoxy) is 2. The van der Waals surface area contributed by atoms with Gasteiger partial charge in [-0.15, -0.1) is 0 Å². The zero-order valence-electron chi connectivity index (χ0n) is 20.0. The van der Waals surface area contributed by atoms with E-state index in [1.807, 2.05) is 11.0 Å². The highest BCUT2D eigenvalue weighted by atomic mass is 19.1. The molecular formula is C25H38FN3O3. The molecule has 0 N–H and O–H groups in total. The number of hydrogen-bond donors (Lipinski definition) is 0. The van der Waals surface area contributed by atoms with E-state index >= 15 is 0 Å². The third-order valence-corrected chi connectivity index (χ3v) is 8.26. The topological polar surface area (TPSA) is 54.9 Å². The number of pyridine rings is 1. The van der Waals surface area contributed by atoms with E-state index in [1.165, 1.54) is 0 Å². The molecule has 2 unspecified atom stereocenters. The van der Waals surface area contributed by atoms with Crippen molar-refractivity contribution in [1.29, 1.82) is 0 Å². The second-order valence-corrected chi connectivity index (χ2v) is 10.1. The smallest absolute Gasteiger partial charge is 0.229 e. The van der Waals surface area contributed by atoms with Crippen molar-refractivity contribution in [3.05, 3.63) is 29.1 Å². The molecule has 0 radical (unpaired) electrons. The van der Waals surface area contributed by atoms with E-state index in [2.05, 4.69) is 30.8 Å². The number of rotatable bonds is 6. The van der Waals surface area contributed by atoms with Crippen LogP contribution in [-0.2, 0) is 33.9 Å². The first-order valence-electron chi connectivity index (χ1n) is 12.0. The van der Waals surface area contributed by atoms with Crippen molar-refractivity contribution < 1.29 is 18.7 Å². The lowest BCUT2D eigenvalue weighted by Crippen LogP contribution is -2.52. The summed E-state index contributed by atoms with van der Waals surface area (Å²) in [5.41, 5.74) is 2.23. The van der Waals surface area contributed by atoms with E-state index in [1.54, 1.807) is 13.3 Å². The standard InChI is InChI=1S/C25H38FN3O3/c1-17(2)25(8-5-20(12-25)28(3)22-7-10-32-16-23(22)31-4)24(30)29-9-6-21-19(15-29)11-18(13-26)14-27-21/h11,14,17,20,22-23H,5-10,12-13,15-16H2,1-4H3/t20-,22?,23?,25+/m1/s1. The highest BCUT2D eigenvalue weighted by molar-refractivity contribution is 5.83. The fourth-order valence-electron chi connectivity index (χ4n) is 6.06. The number of carbonyl (C=O) groups is 1. The van der Waals surface area contributed by atoms with Gasteiger partial charge < -0.3 is 14.4 Å². The number of hydrogen-bond acceptors (Lipinski definition) is 5. The maximum absolute atomic E-state index is 14.0. The molecule has 1 aliphatic carbocycles. The van der Waals surface area contributed by atoms with Crippen molar-refractivity contribution in [2.45, 2.75) is 77.4 Å². The summed E-state index contributed by atoms with van der Waals surface area (Å²) in [6, 6.07) is 2.56. The van der Waals surface area contributed by atoms with Gasteiger partial charge in [0.1, 0.15) is 6.67 Å². The monoisotopic (exact) mass is 447 g/mol. The number of halogens is 1. The summed E-state index contributed by atoms with van der Waals surface area (Å²) in [6.45, 7) is 6.48. The third-order valence-electron chi connectivity index (χ3n) is 8.26. The molecule has 1 saturated heterocycles. The van der Waals surface area contributed by atoms with Crippen molar-refractivity contribution in [2.75, 3.05) is 33.9 Å². The summed E-state index contributed by atoms with van der Waals surface area (Å²) in [6.07, 6.45) is 6.20. The van der Waals surface area contributed by atoms with Crippen LogP contribution in [-0.4, -0.2) is 72.8 Å². The van der Waals surface area contributed by atoms with Gasteiger partial charge in [0.05, 0.1) is 18.1 Å². The Balaban J connectivity index is 1.50. The maximum Gasteiger partial charge on any atom is 0.229 e. The van der Waals surface area contributed by atoms with Gasteiger partial charge in [-0.2, -0.15) is 0 Å². The number of likely N-dealkylation sites (N-methyl/N-ethyl adjacent to an activating group) is 1. The molecule has 3 heterocycles. The number of fused-ring (bicyclic) bond motifs is 1. The fourth-order valence-corrected chi connectivity index (χ4v) is 6.06. The van der Waals surface area contributed by atoms with Gasteiger partial charge in [0, 0.05) is 62.8 Å². The van der Waals surface area contributed by atoms with E-state index in [9.17, 15) is 9.18 Å². The molecular weight excluding hydrogens is 409 g/mol. The van der Waals surface area contributed by atoms with Crippen molar-refractivity contribution in [1.82, 2.24) is 14.8 Å². The minimum atomic E-state index is -0.521. The van der Waals surface area contributed by atoms with Crippen molar-refractivity contribution in [2.24, 2.45) is 11.3 Å². The molecule has 178 valence electrons. The van der Waals surface area contributed by atoms with Crippen LogP contribution < -0.4 is 0 Å². The van der Waals surface area contributed by atoms with Gasteiger partial charge in [0.15, 0.2) is 0 Å². The molecule has 2 aliphatic heterocycles. The molecule has 0 aromatic carbocycles. The van der Waals surface area contributed by atoms with Crippen molar-refractivity contribution in [3.63, 3.8) is 0 Å². The number of amides is 1. The Morgan fingerprint density at radius 3 is 2.97 bits per heavy atom. The van der Waals surface area contributed by atoms with Gasteiger partial charge in [0.25, 0.3) is 0 Å². The van der Waals surface area contributed by atoms with E-state index in [4.69, 9.17) is 9.47 Å². The molecule has 0 spiro atoms. The summed E-state index contributed by atoms with van der Waals surface area (Å²) in [5.74, 6) is 0.521. The highest BCUT2D eigenvalue weighted by Gasteiger charge is 2.51. The predicted octanol–water partition coefficient (Wildman–Crippen LogP) is 3.37. The zero-order chi connectivity index (χ0) is 22.9. The van der Waals surface area contributed by atoms with Crippen LogP contribution >= 0.6 is 0 Å². The number of aromatic nitrogens is 1. The average Bonchev–Trinajstić information content (AvgIpc) is 3.29. The number of nitrogens with zero attached hydrogens (tertiary/aromatic N) is 3. The van der Waals surface area contributed by atoms with Crippen molar-refractivity contribution >= 4 is 5.91 Å². The average molecular weight is 448 g/mol. The van der Waals surface area contributed by atoms with E-state index in [-0.39, 0.29) is 23.3 Å².